The molecule has 0 spiro atoms. The Balaban J connectivity index is 1.42. The van der Waals surface area contributed by atoms with Crippen LogP contribution in [0.25, 0.3) is 11.5 Å². The zero-order valence-corrected chi connectivity index (χ0v) is 14.9. The fraction of sp³-hybridized carbons (Fsp3) is 0.471. The molecule has 1 aromatic heterocycles. The second-order valence-corrected chi connectivity index (χ2v) is 6.60. The Morgan fingerprint density at radius 2 is 2.04 bits per heavy atom. The summed E-state index contributed by atoms with van der Waals surface area (Å²) >= 11 is 12.1. The molecule has 0 atom stereocenters. The van der Waals surface area contributed by atoms with E-state index in [1.165, 1.54) is 0 Å². The zero-order chi connectivity index (χ0) is 16.8. The van der Waals surface area contributed by atoms with Crippen molar-refractivity contribution >= 4 is 23.2 Å². The summed E-state index contributed by atoms with van der Waals surface area (Å²) in [6.07, 6.45) is 2.77. The van der Waals surface area contributed by atoms with Crippen LogP contribution >= 0.6 is 23.2 Å². The normalized spacial score (nSPS) is 15.8. The highest BCUT2D eigenvalue weighted by molar-refractivity contribution is 6.36. The minimum atomic E-state index is 0.516. The first kappa shape index (κ1) is 17.7. The molecule has 2 heterocycles. The number of hydrogen-bond donors (Lipinski definition) is 1. The molecule has 130 valence electrons. The Morgan fingerprint density at radius 1 is 1.21 bits per heavy atom. The summed E-state index contributed by atoms with van der Waals surface area (Å²) in [6, 6.07) is 5.28. The van der Waals surface area contributed by atoms with Gasteiger partial charge < -0.3 is 14.5 Å². The number of nitrogens with zero attached hydrogens (tertiary/aromatic N) is 2. The molecule has 1 saturated heterocycles. The lowest BCUT2D eigenvalue weighted by atomic mass is 10.2. The van der Waals surface area contributed by atoms with Gasteiger partial charge in [0, 0.05) is 24.7 Å². The van der Waals surface area contributed by atoms with Crippen molar-refractivity contribution < 1.29 is 9.15 Å². The van der Waals surface area contributed by atoms with Crippen molar-refractivity contribution in [3.63, 3.8) is 0 Å². The molecular formula is C17H21Cl2N3O2. The maximum absolute atomic E-state index is 6.18. The van der Waals surface area contributed by atoms with Crippen molar-refractivity contribution in [2.24, 2.45) is 0 Å². The number of ether oxygens (including phenoxy) is 1. The van der Waals surface area contributed by atoms with Crippen LogP contribution in [0.3, 0.4) is 0 Å². The fourth-order valence-corrected chi connectivity index (χ4v) is 3.13. The van der Waals surface area contributed by atoms with E-state index in [0.29, 0.717) is 22.5 Å². The van der Waals surface area contributed by atoms with Gasteiger partial charge >= 0.3 is 0 Å². The molecule has 0 aliphatic carbocycles. The highest BCUT2D eigenvalue weighted by Crippen LogP contribution is 2.29. The second kappa shape index (κ2) is 8.83. The van der Waals surface area contributed by atoms with Crippen LogP contribution in [0.1, 0.15) is 12.1 Å². The molecule has 0 bridgehead atoms. The SMILES string of the molecule is Clc1ccc(-c2nc(CNCCCN3CCOCC3)co2)c(Cl)c1. The van der Waals surface area contributed by atoms with Crippen LogP contribution in [-0.2, 0) is 11.3 Å². The van der Waals surface area contributed by atoms with Crippen molar-refractivity contribution in [2.75, 3.05) is 39.4 Å². The van der Waals surface area contributed by atoms with Crippen LogP contribution in [0.5, 0.6) is 0 Å². The second-order valence-electron chi connectivity index (χ2n) is 5.75. The van der Waals surface area contributed by atoms with Crippen molar-refractivity contribution in [1.82, 2.24) is 15.2 Å². The Hall–Kier alpha value is -1.11. The minimum Gasteiger partial charge on any atom is -0.444 e. The molecule has 0 amide bonds. The van der Waals surface area contributed by atoms with Crippen molar-refractivity contribution in [2.45, 2.75) is 13.0 Å². The van der Waals surface area contributed by atoms with Crippen molar-refractivity contribution in [1.29, 1.82) is 0 Å². The van der Waals surface area contributed by atoms with Gasteiger partial charge in [0.15, 0.2) is 0 Å². The molecule has 5 nitrogen and oxygen atoms in total. The lowest BCUT2D eigenvalue weighted by Crippen LogP contribution is -2.37. The lowest BCUT2D eigenvalue weighted by molar-refractivity contribution is 0.0374. The van der Waals surface area contributed by atoms with Gasteiger partial charge in [-0.15, -0.1) is 0 Å². The van der Waals surface area contributed by atoms with Crippen LogP contribution < -0.4 is 5.32 Å². The van der Waals surface area contributed by atoms with E-state index in [9.17, 15) is 0 Å². The fourth-order valence-electron chi connectivity index (χ4n) is 2.64. The van der Waals surface area contributed by atoms with Crippen molar-refractivity contribution in [3.05, 3.63) is 40.2 Å². The molecule has 1 aromatic carbocycles. The summed E-state index contributed by atoms with van der Waals surface area (Å²) in [5, 5.41) is 4.53. The summed E-state index contributed by atoms with van der Waals surface area (Å²) in [5.41, 5.74) is 1.61. The van der Waals surface area contributed by atoms with Crippen LogP contribution in [0, 0.1) is 0 Å². The highest BCUT2D eigenvalue weighted by atomic mass is 35.5. The highest BCUT2D eigenvalue weighted by Gasteiger charge is 2.11. The third kappa shape index (κ3) is 4.94. The first-order valence-electron chi connectivity index (χ1n) is 8.13. The molecule has 1 aliphatic heterocycles. The molecule has 2 aromatic rings. The molecule has 1 fully saturated rings. The molecule has 0 saturated carbocycles. The largest absolute Gasteiger partial charge is 0.444 e. The molecule has 24 heavy (non-hydrogen) atoms. The molecule has 1 aliphatic rings. The predicted molar refractivity (Wildman–Crippen MR) is 95.5 cm³/mol. The number of halogens is 2. The maximum Gasteiger partial charge on any atom is 0.227 e. The Morgan fingerprint density at radius 3 is 2.83 bits per heavy atom. The van der Waals surface area contributed by atoms with Gasteiger partial charge in [-0.05, 0) is 37.7 Å². The predicted octanol–water partition coefficient (Wildman–Crippen LogP) is 3.46. The average Bonchev–Trinajstić information content (AvgIpc) is 3.04. The number of rotatable bonds is 7. The van der Waals surface area contributed by atoms with Gasteiger partial charge in [0.1, 0.15) is 6.26 Å². The number of nitrogens with one attached hydrogen (secondary N) is 1. The molecule has 7 heteroatoms. The van der Waals surface area contributed by atoms with E-state index in [-0.39, 0.29) is 0 Å². The number of morpholine rings is 1. The molecular weight excluding hydrogens is 349 g/mol. The quantitative estimate of drug-likeness (QED) is 0.757. The van der Waals surface area contributed by atoms with E-state index in [0.717, 1.165) is 57.1 Å². The van der Waals surface area contributed by atoms with Crippen molar-refractivity contribution in [3.8, 4) is 11.5 Å². The standard InChI is InChI=1S/C17H21Cl2N3O2/c18-13-2-3-15(16(19)10-13)17-21-14(12-24-17)11-20-4-1-5-22-6-8-23-9-7-22/h2-3,10,12,20H,1,4-9,11H2. The monoisotopic (exact) mass is 369 g/mol. The maximum atomic E-state index is 6.18. The van der Waals surface area contributed by atoms with Crippen LogP contribution in [0.2, 0.25) is 10.0 Å². The summed E-state index contributed by atoms with van der Waals surface area (Å²) in [4.78, 5) is 6.91. The summed E-state index contributed by atoms with van der Waals surface area (Å²) in [7, 11) is 0. The lowest BCUT2D eigenvalue weighted by Gasteiger charge is -2.26. The first-order chi connectivity index (χ1) is 11.7. The van der Waals surface area contributed by atoms with Crippen LogP contribution in [-0.4, -0.2) is 49.3 Å². The Labute approximate surface area is 151 Å². The summed E-state index contributed by atoms with van der Waals surface area (Å²) < 4.78 is 10.9. The first-order valence-corrected chi connectivity index (χ1v) is 8.88. The van der Waals surface area contributed by atoms with Gasteiger partial charge in [-0.2, -0.15) is 0 Å². The summed E-state index contributed by atoms with van der Waals surface area (Å²) in [6.45, 7) is 6.49. The molecule has 1 N–H and O–H groups in total. The number of oxazole rings is 1. The number of benzene rings is 1. The van der Waals surface area contributed by atoms with Crippen LogP contribution in [0.4, 0.5) is 0 Å². The van der Waals surface area contributed by atoms with Crippen LogP contribution in [0.15, 0.2) is 28.9 Å². The van der Waals surface area contributed by atoms with E-state index in [2.05, 4.69) is 15.2 Å². The minimum absolute atomic E-state index is 0.516. The third-order valence-electron chi connectivity index (χ3n) is 3.95. The molecule has 0 radical (unpaired) electrons. The third-order valence-corrected chi connectivity index (χ3v) is 4.50. The van der Waals surface area contributed by atoms with E-state index < -0.39 is 0 Å². The molecule has 0 unspecified atom stereocenters. The number of aromatic nitrogens is 1. The van der Waals surface area contributed by atoms with Gasteiger partial charge in [0.2, 0.25) is 5.89 Å². The smallest absolute Gasteiger partial charge is 0.227 e. The van der Waals surface area contributed by atoms with E-state index in [4.69, 9.17) is 32.4 Å². The van der Waals surface area contributed by atoms with E-state index in [1.54, 1.807) is 18.4 Å². The zero-order valence-electron chi connectivity index (χ0n) is 13.4. The van der Waals surface area contributed by atoms with Gasteiger partial charge in [0.25, 0.3) is 0 Å². The van der Waals surface area contributed by atoms with E-state index in [1.807, 2.05) is 6.07 Å². The Bertz CT molecular complexity index is 657. The van der Waals surface area contributed by atoms with Gasteiger partial charge in [-0.3, -0.25) is 4.90 Å². The van der Waals surface area contributed by atoms with Gasteiger partial charge in [0.05, 0.1) is 29.5 Å². The summed E-state index contributed by atoms with van der Waals surface area (Å²) in [5.74, 6) is 0.516. The Kier molecular flexibility index (Phi) is 6.51. The van der Waals surface area contributed by atoms with Gasteiger partial charge in [-0.1, -0.05) is 23.2 Å². The number of hydrogen-bond acceptors (Lipinski definition) is 5. The van der Waals surface area contributed by atoms with E-state index >= 15 is 0 Å². The van der Waals surface area contributed by atoms with Gasteiger partial charge in [-0.25, -0.2) is 4.98 Å². The average molecular weight is 370 g/mol. The topological polar surface area (TPSA) is 50.5 Å². The molecule has 3 rings (SSSR count).